The van der Waals surface area contributed by atoms with Crippen LogP contribution in [-0.2, 0) is 4.79 Å². The van der Waals surface area contributed by atoms with Crippen molar-refractivity contribution in [1.82, 2.24) is 0 Å². The maximum absolute atomic E-state index is 12.2. The largest absolute Gasteiger partial charge is 0.508 e. The Hall–Kier alpha value is -3.86. The van der Waals surface area contributed by atoms with Gasteiger partial charge < -0.3 is 15.5 Å². The van der Waals surface area contributed by atoms with Crippen molar-refractivity contribution in [3.63, 3.8) is 0 Å². The van der Waals surface area contributed by atoms with Crippen LogP contribution in [0.4, 0.5) is 5.69 Å². The molecule has 5 nitrogen and oxygen atoms in total. The van der Waals surface area contributed by atoms with Crippen molar-refractivity contribution >= 4 is 23.6 Å². The van der Waals surface area contributed by atoms with Crippen LogP contribution in [0.25, 0.3) is 17.2 Å². The summed E-state index contributed by atoms with van der Waals surface area (Å²) in [5.41, 5.74) is 2.58. The fraction of sp³-hybridized carbons (Fsp3) is 0. The van der Waals surface area contributed by atoms with Crippen LogP contribution < -0.4 is 5.32 Å². The Morgan fingerprint density at radius 2 is 1.52 bits per heavy atom. The highest BCUT2D eigenvalue weighted by atomic mass is 16.4. The molecule has 0 aliphatic rings. The molecule has 0 saturated heterocycles. The summed E-state index contributed by atoms with van der Waals surface area (Å²) in [7, 11) is 0. The number of phenols is 1. The zero-order valence-electron chi connectivity index (χ0n) is 14.3. The molecule has 3 N–H and O–H groups in total. The van der Waals surface area contributed by atoms with Crippen molar-refractivity contribution in [3.8, 4) is 16.9 Å². The van der Waals surface area contributed by atoms with Gasteiger partial charge in [0.25, 0.3) is 0 Å². The minimum Gasteiger partial charge on any atom is -0.508 e. The Morgan fingerprint density at radius 3 is 2.19 bits per heavy atom. The number of benzene rings is 3. The molecule has 0 saturated carbocycles. The van der Waals surface area contributed by atoms with Gasteiger partial charge in [0.1, 0.15) is 5.75 Å². The molecule has 0 radical (unpaired) electrons. The lowest BCUT2D eigenvalue weighted by atomic mass is 10.0. The fourth-order valence-corrected chi connectivity index (χ4v) is 2.58. The summed E-state index contributed by atoms with van der Waals surface area (Å²) in [6.45, 7) is 0. The number of aromatic hydroxyl groups is 1. The molecule has 1 amide bonds. The minimum absolute atomic E-state index is 0.000936. The predicted octanol–water partition coefficient (Wildman–Crippen LogP) is 4.41. The third-order valence-electron chi connectivity index (χ3n) is 3.94. The van der Waals surface area contributed by atoms with Crippen molar-refractivity contribution in [2.24, 2.45) is 0 Å². The van der Waals surface area contributed by atoms with Crippen molar-refractivity contribution in [1.29, 1.82) is 0 Å². The molecule has 0 spiro atoms. The predicted molar refractivity (Wildman–Crippen MR) is 105 cm³/mol. The van der Waals surface area contributed by atoms with Crippen LogP contribution >= 0.6 is 0 Å². The molecule has 0 unspecified atom stereocenters. The summed E-state index contributed by atoms with van der Waals surface area (Å²) in [6.07, 6.45) is 3.01. The highest BCUT2D eigenvalue weighted by Crippen LogP contribution is 2.27. The molecule has 27 heavy (non-hydrogen) atoms. The molecule has 0 bridgehead atoms. The lowest BCUT2D eigenvalue weighted by Gasteiger charge is -2.10. The van der Waals surface area contributed by atoms with E-state index in [1.54, 1.807) is 42.5 Å². The van der Waals surface area contributed by atoms with E-state index < -0.39 is 11.9 Å². The maximum Gasteiger partial charge on any atom is 0.337 e. The summed E-state index contributed by atoms with van der Waals surface area (Å²) in [5.74, 6) is -1.42. The lowest BCUT2D eigenvalue weighted by molar-refractivity contribution is -0.111. The highest BCUT2D eigenvalue weighted by Gasteiger charge is 2.13. The number of carboxylic acid groups (broad SMARTS) is 1. The number of aromatic carboxylic acids is 1. The lowest BCUT2D eigenvalue weighted by Crippen LogP contribution is -2.12. The number of carbonyl (C=O) groups excluding carboxylic acids is 1. The number of carboxylic acids is 1. The molecule has 134 valence electrons. The second-order valence-electron chi connectivity index (χ2n) is 5.85. The van der Waals surface area contributed by atoms with Crippen LogP contribution in [0.5, 0.6) is 5.75 Å². The smallest absolute Gasteiger partial charge is 0.337 e. The average Bonchev–Trinajstić information content (AvgIpc) is 2.67. The molecule has 0 aromatic heterocycles. The zero-order valence-corrected chi connectivity index (χ0v) is 14.3. The van der Waals surface area contributed by atoms with E-state index in [1.165, 1.54) is 12.1 Å². The quantitative estimate of drug-likeness (QED) is 0.589. The van der Waals surface area contributed by atoms with Gasteiger partial charge in [0.15, 0.2) is 0 Å². The van der Waals surface area contributed by atoms with Gasteiger partial charge in [0, 0.05) is 6.08 Å². The summed E-state index contributed by atoms with van der Waals surface area (Å²) in [5, 5.41) is 21.4. The Labute approximate surface area is 156 Å². The van der Waals surface area contributed by atoms with Gasteiger partial charge in [-0.1, -0.05) is 48.5 Å². The molecule has 0 fully saturated rings. The number of nitrogens with one attached hydrogen (secondary N) is 1. The number of carbonyl (C=O) groups is 2. The Morgan fingerprint density at radius 1 is 0.852 bits per heavy atom. The Balaban J connectivity index is 1.87. The van der Waals surface area contributed by atoms with Crippen LogP contribution in [0.15, 0.2) is 78.9 Å². The Kier molecular flexibility index (Phi) is 5.33. The van der Waals surface area contributed by atoms with E-state index in [4.69, 9.17) is 0 Å². The second kappa shape index (κ2) is 8.01. The monoisotopic (exact) mass is 359 g/mol. The van der Waals surface area contributed by atoms with Gasteiger partial charge in [-0.15, -0.1) is 0 Å². The van der Waals surface area contributed by atoms with Gasteiger partial charge in [-0.2, -0.15) is 0 Å². The fourth-order valence-electron chi connectivity index (χ4n) is 2.58. The molecule has 3 rings (SSSR count). The molecule has 0 atom stereocenters. The summed E-state index contributed by atoms with van der Waals surface area (Å²) >= 11 is 0. The van der Waals surface area contributed by atoms with Crippen LogP contribution in [0, 0.1) is 0 Å². The van der Waals surface area contributed by atoms with Crippen LogP contribution in [-0.4, -0.2) is 22.1 Å². The highest BCUT2D eigenvalue weighted by molar-refractivity contribution is 6.06. The summed E-state index contributed by atoms with van der Waals surface area (Å²) < 4.78 is 0. The standard InChI is InChI=1S/C22H17NO4/c24-18-10-7-16(8-11-18)17-9-12-19(22(26)27)20(14-17)23-21(25)13-6-15-4-2-1-3-5-15/h1-14,24H,(H,23,25)(H,26,27)/b13-6+. The van der Waals surface area contributed by atoms with Gasteiger partial charge >= 0.3 is 5.97 Å². The van der Waals surface area contributed by atoms with E-state index in [2.05, 4.69) is 5.32 Å². The summed E-state index contributed by atoms with van der Waals surface area (Å²) in [4.78, 5) is 23.7. The van der Waals surface area contributed by atoms with E-state index in [0.717, 1.165) is 16.7 Å². The SMILES string of the molecule is O=C(/C=C/c1ccccc1)Nc1cc(-c2ccc(O)cc2)ccc1C(=O)O. The zero-order chi connectivity index (χ0) is 19.2. The molecular formula is C22H17NO4. The van der Waals surface area contributed by atoms with Crippen LogP contribution in [0.2, 0.25) is 0 Å². The van der Waals surface area contributed by atoms with E-state index in [9.17, 15) is 19.8 Å². The maximum atomic E-state index is 12.2. The van der Waals surface area contributed by atoms with E-state index in [1.807, 2.05) is 30.3 Å². The van der Waals surface area contributed by atoms with Gasteiger partial charge in [-0.25, -0.2) is 4.79 Å². The first-order chi connectivity index (χ1) is 13.0. The van der Waals surface area contributed by atoms with E-state index in [-0.39, 0.29) is 17.0 Å². The number of amides is 1. The number of hydrogen-bond donors (Lipinski definition) is 3. The minimum atomic E-state index is -1.13. The second-order valence-corrected chi connectivity index (χ2v) is 5.85. The van der Waals surface area contributed by atoms with Gasteiger partial charge in [-0.05, 0) is 47.0 Å². The number of anilines is 1. The van der Waals surface area contributed by atoms with Crippen LogP contribution in [0.3, 0.4) is 0 Å². The molecule has 0 aliphatic carbocycles. The van der Waals surface area contributed by atoms with Crippen molar-refractivity contribution < 1.29 is 19.8 Å². The number of rotatable bonds is 5. The first-order valence-corrected chi connectivity index (χ1v) is 8.24. The number of phenolic OH excluding ortho intramolecular Hbond substituents is 1. The van der Waals surface area contributed by atoms with Crippen LogP contribution in [0.1, 0.15) is 15.9 Å². The molecule has 3 aromatic rings. The van der Waals surface area contributed by atoms with Gasteiger partial charge in [-0.3, -0.25) is 4.79 Å². The molecule has 0 aliphatic heterocycles. The Bertz CT molecular complexity index is 993. The first-order valence-electron chi connectivity index (χ1n) is 8.24. The van der Waals surface area contributed by atoms with Gasteiger partial charge in [0.2, 0.25) is 5.91 Å². The van der Waals surface area contributed by atoms with Crippen molar-refractivity contribution in [2.45, 2.75) is 0 Å². The summed E-state index contributed by atoms with van der Waals surface area (Å²) in [6, 6.07) is 20.5. The topological polar surface area (TPSA) is 86.6 Å². The first kappa shape index (κ1) is 17.9. The molecule has 0 heterocycles. The van der Waals surface area contributed by atoms with Gasteiger partial charge in [0.05, 0.1) is 11.3 Å². The average molecular weight is 359 g/mol. The van der Waals surface area contributed by atoms with E-state index in [0.29, 0.717) is 0 Å². The number of hydrogen-bond acceptors (Lipinski definition) is 3. The van der Waals surface area contributed by atoms with E-state index >= 15 is 0 Å². The third-order valence-corrected chi connectivity index (χ3v) is 3.94. The third kappa shape index (κ3) is 4.61. The molecule has 3 aromatic carbocycles. The normalized spacial score (nSPS) is 10.7. The molecule has 5 heteroatoms. The van der Waals surface area contributed by atoms with Crippen molar-refractivity contribution in [3.05, 3.63) is 90.0 Å². The molecular weight excluding hydrogens is 342 g/mol. The van der Waals surface area contributed by atoms with Crippen molar-refractivity contribution in [2.75, 3.05) is 5.32 Å².